The van der Waals surface area contributed by atoms with Gasteiger partial charge in [-0.2, -0.15) is 4.99 Å². The van der Waals surface area contributed by atoms with Crippen molar-refractivity contribution in [3.05, 3.63) is 27.8 Å². The third-order valence-corrected chi connectivity index (χ3v) is 7.55. The molecular weight excluding hydrogens is 423 g/mol. The zero-order valence-corrected chi connectivity index (χ0v) is 15.0. The predicted molar refractivity (Wildman–Crippen MR) is 93.6 cm³/mol. The number of hydrogen-bond acceptors (Lipinski definition) is 4. The van der Waals surface area contributed by atoms with Gasteiger partial charge in [0, 0.05) is 15.7 Å². The third kappa shape index (κ3) is 2.98. The summed E-state index contributed by atoms with van der Waals surface area (Å²) in [7, 11) is -3.02. The lowest BCUT2D eigenvalue weighted by molar-refractivity contribution is -0.115. The lowest BCUT2D eigenvalue weighted by Crippen LogP contribution is -2.38. The summed E-state index contributed by atoms with van der Waals surface area (Å²) in [6.45, 7) is 1.41. The number of amides is 1. The molecule has 0 bridgehead atoms. The zero-order valence-electron chi connectivity index (χ0n) is 11.2. The molecule has 2 aliphatic heterocycles. The van der Waals surface area contributed by atoms with Gasteiger partial charge in [-0.3, -0.25) is 4.79 Å². The summed E-state index contributed by atoms with van der Waals surface area (Å²) in [5, 5.41) is 0.556. The molecular formula is C13H13IN2O3S2. The van der Waals surface area contributed by atoms with Crippen molar-refractivity contribution in [1.82, 2.24) is 0 Å². The van der Waals surface area contributed by atoms with E-state index < -0.39 is 9.84 Å². The van der Waals surface area contributed by atoms with Crippen LogP contribution in [-0.4, -0.2) is 42.3 Å². The number of nitrogens with zero attached hydrogens (tertiary/aromatic N) is 2. The van der Waals surface area contributed by atoms with E-state index >= 15 is 0 Å². The molecule has 2 aliphatic rings. The number of thioether (sulfide) groups is 1. The number of carbonyl (C=O) groups is 1. The fourth-order valence-corrected chi connectivity index (χ4v) is 7.23. The molecule has 2 atom stereocenters. The second-order valence-corrected chi connectivity index (χ2v) is 9.56. The van der Waals surface area contributed by atoms with Crippen molar-refractivity contribution in [1.29, 1.82) is 0 Å². The number of rotatable bonds is 1. The first kappa shape index (κ1) is 15.3. The number of anilines is 1. The van der Waals surface area contributed by atoms with Crippen molar-refractivity contribution in [3.8, 4) is 0 Å². The Balaban J connectivity index is 2.07. The highest BCUT2D eigenvalue weighted by atomic mass is 127. The molecule has 8 heteroatoms. The number of carbonyl (C=O) groups excluding carboxylic acids is 1. The number of benzene rings is 1. The van der Waals surface area contributed by atoms with Crippen LogP contribution in [0.2, 0.25) is 0 Å². The Labute approximate surface area is 141 Å². The van der Waals surface area contributed by atoms with E-state index in [-0.39, 0.29) is 28.7 Å². The van der Waals surface area contributed by atoms with Gasteiger partial charge in [0.2, 0.25) is 5.91 Å². The van der Waals surface area contributed by atoms with E-state index in [9.17, 15) is 13.2 Å². The molecule has 0 N–H and O–H groups in total. The van der Waals surface area contributed by atoms with Crippen LogP contribution >= 0.6 is 34.4 Å². The minimum Gasteiger partial charge on any atom is -0.315 e. The van der Waals surface area contributed by atoms with Crippen LogP contribution in [0, 0.1) is 3.57 Å². The van der Waals surface area contributed by atoms with E-state index in [0.29, 0.717) is 5.17 Å². The molecule has 1 aromatic rings. The normalized spacial score (nSPS) is 28.9. The Hall–Kier alpha value is -0.610. The highest BCUT2D eigenvalue weighted by Gasteiger charge is 2.49. The Morgan fingerprint density at radius 3 is 2.76 bits per heavy atom. The van der Waals surface area contributed by atoms with Crippen LogP contribution in [0.1, 0.15) is 6.92 Å². The van der Waals surface area contributed by atoms with Crippen LogP contribution in [0.25, 0.3) is 0 Å². The van der Waals surface area contributed by atoms with Gasteiger partial charge in [0.15, 0.2) is 15.0 Å². The lowest BCUT2D eigenvalue weighted by atomic mass is 10.2. The van der Waals surface area contributed by atoms with Crippen molar-refractivity contribution in [2.24, 2.45) is 4.99 Å². The molecule has 2 saturated heterocycles. The average Bonchev–Trinajstić information content (AvgIpc) is 2.81. The minimum atomic E-state index is -3.02. The summed E-state index contributed by atoms with van der Waals surface area (Å²) < 4.78 is 24.8. The fourth-order valence-electron chi connectivity index (χ4n) is 2.63. The SMILES string of the molecule is CC(=O)N=C1S[C@H]2CS(=O)(=O)C[C@@H]2N1c1ccccc1I. The monoisotopic (exact) mass is 436 g/mol. The van der Waals surface area contributed by atoms with Crippen LogP contribution in [0.5, 0.6) is 0 Å². The maximum atomic E-state index is 11.9. The quantitative estimate of drug-likeness (QED) is 0.630. The second-order valence-electron chi connectivity index (χ2n) is 5.04. The predicted octanol–water partition coefficient (Wildman–Crippen LogP) is 1.91. The fraction of sp³-hybridized carbons (Fsp3) is 0.385. The van der Waals surface area contributed by atoms with E-state index in [1.54, 1.807) is 0 Å². The van der Waals surface area contributed by atoms with Gasteiger partial charge in [-0.1, -0.05) is 23.9 Å². The van der Waals surface area contributed by atoms with Gasteiger partial charge in [-0.05, 0) is 34.7 Å². The second kappa shape index (κ2) is 5.54. The van der Waals surface area contributed by atoms with E-state index in [0.717, 1.165) is 9.26 Å². The average molecular weight is 436 g/mol. The number of aliphatic imine (C=N–C) groups is 1. The summed E-state index contributed by atoms with van der Waals surface area (Å²) in [6, 6.07) is 7.59. The molecule has 0 unspecified atom stereocenters. The molecule has 2 heterocycles. The topological polar surface area (TPSA) is 66.8 Å². The van der Waals surface area contributed by atoms with E-state index in [4.69, 9.17) is 0 Å². The molecule has 2 fully saturated rings. The van der Waals surface area contributed by atoms with Crippen molar-refractivity contribution < 1.29 is 13.2 Å². The maximum Gasteiger partial charge on any atom is 0.244 e. The number of fused-ring (bicyclic) bond motifs is 1. The highest BCUT2D eigenvalue weighted by Crippen LogP contribution is 2.42. The van der Waals surface area contributed by atoms with Gasteiger partial charge in [-0.25, -0.2) is 8.42 Å². The lowest BCUT2D eigenvalue weighted by Gasteiger charge is -2.25. The number of sulfone groups is 1. The smallest absolute Gasteiger partial charge is 0.244 e. The van der Waals surface area contributed by atoms with Crippen LogP contribution < -0.4 is 4.90 Å². The van der Waals surface area contributed by atoms with Crippen molar-refractivity contribution in [2.75, 3.05) is 16.4 Å². The molecule has 1 aromatic carbocycles. The van der Waals surface area contributed by atoms with Gasteiger partial charge in [0.25, 0.3) is 0 Å². The van der Waals surface area contributed by atoms with E-state index in [1.165, 1.54) is 18.7 Å². The summed E-state index contributed by atoms with van der Waals surface area (Å²) >= 11 is 3.61. The number of hydrogen-bond donors (Lipinski definition) is 0. The van der Waals surface area contributed by atoms with E-state index in [2.05, 4.69) is 27.6 Å². The van der Waals surface area contributed by atoms with Gasteiger partial charge in [0.1, 0.15) is 0 Å². The standard InChI is InChI=1S/C13H13IN2O3S2/c1-8(17)15-13-16(10-5-3-2-4-9(10)14)11-6-21(18,19)7-12(11)20-13/h2-5,11-12H,6-7H2,1H3/t11-,12-/m0/s1. The van der Waals surface area contributed by atoms with Crippen LogP contribution in [-0.2, 0) is 14.6 Å². The maximum absolute atomic E-state index is 11.9. The van der Waals surface area contributed by atoms with Crippen molar-refractivity contribution in [2.45, 2.75) is 18.2 Å². The third-order valence-electron chi connectivity index (χ3n) is 3.43. The summed E-state index contributed by atoms with van der Waals surface area (Å²) in [6.07, 6.45) is 0. The molecule has 3 rings (SSSR count). The first-order chi connectivity index (χ1) is 9.87. The van der Waals surface area contributed by atoms with Gasteiger partial charge in [0.05, 0.1) is 23.2 Å². The van der Waals surface area contributed by atoms with Crippen LogP contribution in [0.3, 0.4) is 0 Å². The number of amidine groups is 1. The Bertz CT molecular complexity index is 733. The molecule has 1 amide bonds. The minimum absolute atomic E-state index is 0.0518. The highest BCUT2D eigenvalue weighted by molar-refractivity contribution is 14.1. The Morgan fingerprint density at radius 1 is 1.38 bits per heavy atom. The number of para-hydroxylation sites is 1. The summed E-state index contributed by atoms with van der Waals surface area (Å²) in [4.78, 5) is 17.4. The van der Waals surface area contributed by atoms with E-state index in [1.807, 2.05) is 29.2 Å². The molecule has 0 aromatic heterocycles. The van der Waals surface area contributed by atoms with Crippen LogP contribution in [0.4, 0.5) is 5.69 Å². The van der Waals surface area contributed by atoms with Crippen molar-refractivity contribution >= 4 is 61.0 Å². The zero-order chi connectivity index (χ0) is 15.2. The van der Waals surface area contributed by atoms with Gasteiger partial charge < -0.3 is 4.90 Å². The molecule has 0 aliphatic carbocycles. The van der Waals surface area contributed by atoms with Crippen molar-refractivity contribution in [3.63, 3.8) is 0 Å². The molecule has 0 saturated carbocycles. The Morgan fingerprint density at radius 2 is 2.10 bits per heavy atom. The molecule has 0 radical (unpaired) electrons. The summed E-state index contributed by atoms with van der Waals surface area (Å²) in [5.41, 5.74) is 0.912. The molecule has 21 heavy (non-hydrogen) atoms. The first-order valence-electron chi connectivity index (χ1n) is 6.37. The van der Waals surface area contributed by atoms with Gasteiger partial charge in [-0.15, -0.1) is 0 Å². The Kier molecular flexibility index (Phi) is 4.04. The molecule has 112 valence electrons. The number of halogens is 1. The molecule has 0 spiro atoms. The largest absolute Gasteiger partial charge is 0.315 e. The molecule has 5 nitrogen and oxygen atoms in total. The van der Waals surface area contributed by atoms with Crippen LogP contribution in [0.15, 0.2) is 29.3 Å². The first-order valence-corrected chi connectivity index (χ1v) is 10.2. The van der Waals surface area contributed by atoms with Gasteiger partial charge >= 0.3 is 0 Å². The summed E-state index contributed by atoms with van der Waals surface area (Å²) in [5.74, 6) is 0.00224.